The average molecular weight is 276 g/mol. The van der Waals surface area contributed by atoms with Gasteiger partial charge in [-0.15, -0.1) is 16.2 Å². The number of sulfonamides is 1. The molecule has 0 spiro atoms. The van der Waals surface area contributed by atoms with E-state index in [-0.39, 0.29) is 4.90 Å². The summed E-state index contributed by atoms with van der Waals surface area (Å²) < 4.78 is 27.8. The molecule has 1 aromatic carbocycles. The smallest absolute Gasteiger partial charge is 0.283 e. The third kappa shape index (κ3) is 3.82. The summed E-state index contributed by atoms with van der Waals surface area (Å²) in [5.41, 5.74) is 5.34. The molecular formula is C9H12N2O2S3. The Morgan fingerprint density at radius 3 is 2.50 bits per heavy atom. The minimum atomic E-state index is -3.60. The van der Waals surface area contributed by atoms with E-state index in [1.54, 1.807) is 24.5 Å². The van der Waals surface area contributed by atoms with E-state index in [0.717, 1.165) is 0 Å². The van der Waals surface area contributed by atoms with E-state index in [2.05, 4.69) is 4.40 Å². The largest absolute Gasteiger partial charge is 0.322 e. The van der Waals surface area contributed by atoms with Gasteiger partial charge in [0.05, 0.1) is 4.90 Å². The van der Waals surface area contributed by atoms with Gasteiger partial charge in [0.15, 0.2) is 0 Å². The van der Waals surface area contributed by atoms with E-state index in [1.165, 1.54) is 35.7 Å². The third-order valence-corrected chi connectivity index (χ3v) is 4.94. The summed E-state index contributed by atoms with van der Waals surface area (Å²) in [5, 5.41) is 0. The van der Waals surface area contributed by atoms with E-state index >= 15 is 0 Å². The molecule has 0 atom stereocenters. The molecule has 0 aromatic heterocycles. The van der Waals surface area contributed by atoms with Crippen molar-refractivity contribution in [3.8, 4) is 0 Å². The molecule has 0 radical (unpaired) electrons. The summed E-state index contributed by atoms with van der Waals surface area (Å²) in [6.07, 6.45) is 1.77. The lowest BCUT2D eigenvalue weighted by Gasteiger charge is -2.01. The topological polar surface area (TPSA) is 72.5 Å². The van der Waals surface area contributed by atoms with Gasteiger partial charge >= 0.3 is 0 Å². The van der Waals surface area contributed by atoms with Gasteiger partial charge < -0.3 is 5.73 Å². The maximum absolute atomic E-state index is 11.8. The minimum absolute atomic E-state index is 0.194. The molecule has 0 fully saturated rings. The van der Waals surface area contributed by atoms with Crippen molar-refractivity contribution in [3.05, 3.63) is 30.3 Å². The maximum atomic E-state index is 11.8. The van der Waals surface area contributed by atoms with Gasteiger partial charge in [0.1, 0.15) is 4.38 Å². The van der Waals surface area contributed by atoms with Crippen LogP contribution in [0.2, 0.25) is 0 Å². The molecule has 7 heteroatoms. The Balaban J connectivity index is 3.04. The number of nitrogens with zero attached hydrogens (tertiary/aromatic N) is 1. The Hall–Kier alpha value is -0.500. The first-order chi connectivity index (χ1) is 7.60. The molecule has 0 amide bonds. The maximum Gasteiger partial charge on any atom is 0.283 e. The van der Waals surface area contributed by atoms with Crippen LogP contribution in [0.4, 0.5) is 0 Å². The summed E-state index contributed by atoms with van der Waals surface area (Å²) in [6.45, 7) is 0. The van der Waals surface area contributed by atoms with E-state index in [1.807, 2.05) is 0 Å². The summed E-state index contributed by atoms with van der Waals surface area (Å²) in [5.74, 6) is 0.310. The van der Waals surface area contributed by atoms with Crippen molar-refractivity contribution in [1.82, 2.24) is 0 Å². The van der Waals surface area contributed by atoms with E-state index < -0.39 is 10.0 Å². The SMILES string of the molecule is CS/C(=N\S(=O)(=O)c1ccccc1)SCN. The Morgan fingerprint density at radius 2 is 2.00 bits per heavy atom. The van der Waals surface area contributed by atoms with Crippen molar-refractivity contribution in [2.45, 2.75) is 4.90 Å². The zero-order valence-corrected chi connectivity index (χ0v) is 11.1. The fourth-order valence-electron chi connectivity index (χ4n) is 0.937. The average Bonchev–Trinajstić information content (AvgIpc) is 2.29. The van der Waals surface area contributed by atoms with Crippen molar-refractivity contribution < 1.29 is 8.42 Å². The number of rotatable bonds is 3. The normalized spacial score (nSPS) is 12.8. The Morgan fingerprint density at radius 1 is 1.38 bits per heavy atom. The molecule has 0 saturated heterocycles. The molecule has 0 aliphatic rings. The lowest BCUT2D eigenvalue weighted by Crippen LogP contribution is -2.02. The number of hydrogen-bond donors (Lipinski definition) is 1. The van der Waals surface area contributed by atoms with Gasteiger partial charge in [-0.05, 0) is 18.4 Å². The van der Waals surface area contributed by atoms with Crippen LogP contribution in [0.15, 0.2) is 39.6 Å². The highest BCUT2D eigenvalue weighted by molar-refractivity contribution is 8.39. The fraction of sp³-hybridized carbons (Fsp3) is 0.222. The molecule has 0 aliphatic carbocycles. The van der Waals surface area contributed by atoms with Crippen LogP contribution in [-0.4, -0.2) is 24.9 Å². The predicted molar refractivity (Wildman–Crippen MR) is 71.2 cm³/mol. The van der Waals surface area contributed by atoms with Gasteiger partial charge in [0.25, 0.3) is 10.0 Å². The zero-order chi connectivity index (χ0) is 12.0. The summed E-state index contributed by atoms with van der Waals surface area (Å²) in [7, 11) is -3.60. The van der Waals surface area contributed by atoms with Crippen molar-refractivity contribution in [2.24, 2.45) is 10.1 Å². The molecule has 88 valence electrons. The lowest BCUT2D eigenvalue weighted by molar-refractivity contribution is 0.598. The molecule has 0 saturated carbocycles. The molecule has 0 unspecified atom stereocenters. The van der Waals surface area contributed by atoms with E-state index in [9.17, 15) is 8.42 Å². The highest BCUT2D eigenvalue weighted by Crippen LogP contribution is 2.18. The first kappa shape index (κ1) is 13.6. The van der Waals surface area contributed by atoms with E-state index in [4.69, 9.17) is 5.73 Å². The van der Waals surface area contributed by atoms with Crippen LogP contribution < -0.4 is 5.73 Å². The number of nitrogens with two attached hydrogens (primary N) is 1. The van der Waals surface area contributed by atoms with Crippen molar-refractivity contribution in [3.63, 3.8) is 0 Å². The Kier molecular flexibility index (Phi) is 5.33. The predicted octanol–water partition coefficient (Wildman–Crippen LogP) is 1.74. The molecular weight excluding hydrogens is 264 g/mol. The van der Waals surface area contributed by atoms with Crippen LogP contribution in [-0.2, 0) is 10.0 Å². The fourth-order valence-corrected chi connectivity index (χ4v) is 3.66. The van der Waals surface area contributed by atoms with Crippen molar-refractivity contribution in [2.75, 3.05) is 12.1 Å². The number of hydrogen-bond acceptors (Lipinski definition) is 5. The first-order valence-corrected chi connectivity index (χ1v) is 8.02. The van der Waals surface area contributed by atoms with Gasteiger partial charge in [0.2, 0.25) is 0 Å². The van der Waals surface area contributed by atoms with Gasteiger partial charge in [0, 0.05) is 5.88 Å². The molecule has 1 rings (SSSR count). The van der Waals surface area contributed by atoms with Gasteiger partial charge in [-0.2, -0.15) is 8.42 Å². The van der Waals surface area contributed by atoms with Gasteiger partial charge in [-0.3, -0.25) is 0 Å². The molecule has 0 heterocycles. The molecule has 4 nitrogen and oxygen atoms in total. The van der Waals surface area contributed by atoms with Crippen molar-refractivity contribution in [1.29, 1.82) is 0 Å². The highest BCUT2D eigenvalue weighted by atomic mass is 32.2. The van der Waals surface area contributed by atoms with E-state index in [0.29, 0.717) is 10.3 Å². The van der Waals surface area contributed by atoms with Crippen LogP contribution in [0, 0.1) is 0 Å². The molecule has 0 bridgehead atoms. The van der Waals surface area contributed by atoms with Crippen LogP contribution in [0.5, 0.6) is 0 Å². The minimum Gasteiger partial charge on any atom is -0.322 e. The lowest BCUT2D eigenvalue weighted by atomic mass is 10.4. The number of benzene rings is 1. The zero-order valence-electron chi connectivity index (χ0n) is 8.66. The summed E-state index contributed by atoms with van der Waals surface area (Å²) >= 11 is 2.48. The van der Waals surface area contributed by atoms with Crippen LogP contribution in [0.3, 0.4) is 0 Å². The monoisotopic (exact) mass is 276 g/mol. The molecule has 1 aromatic rings. The number of thioether (sulfide) groups is 2. The third-order valence-electron chi connectivity index (χ3n) is 1.62. The van der Waals surface area contributed by atoms with Gasteiger partial charge in [-0.25, -0.2) is 0 Å². The second-order valence-corrected chi connectivity index (χ2v) is 6.33. The standard InChI is InChI=1S/C9H12N2O2S3/c1-14-9(15-7-10)11-16(12,13)8-5-3-2-4-6-8/h2-6H,7,10H2,1H3/b11-9+. The second kappa shape index (κ2) is 6.29. The Labute approximate surface area is 104 Å². The van der Waals surface area contributed by atoms with Gasteiger partial charge in [-0.1, -0.05) is 30.0 Å². The Bertz CT molecular complexity index is 457. The molecule has 0 aliphatic heterocycles. The van der Waals surface area contributed by atoms with Crippen molar-refractivity contribution >= 4 is 37.9 Å². The molecule has 16 heavy (non-hydrogen) atoms. The van der Waals surface area contributed by atoms with Crippen LogP contribution in [0.25, 0.3) is 0 Å². The highest BCUT2D eigenvalue weighted by Gasteiger charge is 2.13. The summed E-state index contributed by atoms with van der Waals surface area (Å²) in [4.78, 5) is 0.194. The quantitative estimate of drug-likeness (QED) is 0.517. The van der Waals surface area contributed by atoms with Crippen LogP contribution >= 0.6 is 23.5 Å². The summed E-state index contributed by atoms with van der Waals surface area (Å²) in [6, 6.07) is 8.12. The molecule has 2 N–H and O–H groups in total. The first-order valence-electron chi connectivity index (χ1n) is 4.37. The second-order valence-electron chi connectivity index (χ2n) is 2.66. The van der Waals surface area contributed by atoms with Crippen LogP contribution in [0.1, 0.15) is 0 Å².